The molecule has 2 aromatic carbocycles. The highest BCUT2D eigenvalue weighted by molar-refractivity contribution is 9.10. The van der Waals surface area contributed by atoms with Gasteiger partial charge in [0.2, 0.25) is 5.91 Å². The van der Waals surface area contributed by atoms with Gasteiger partial charge in [-0.3, -0.25) is 14.5 Å². The van der Waals surface area contributed by atoms with Gasteiger partial charge in [0.05, 0.1) is 0 Å². The summed E-state index contributed by atoms with van der Waals surface area (Å²) in [6, 6.07) is 13.1. The maximum Gasteiger partial charge on any atom is 0.325 e. The molecule has 0 aromatic heterocycles. The third-order valence-electron chi connectivity index (χ3n) is 6.04. The van der Waals surface area contributed by atoms with Gasteiger partial charge >= 0.3 is 6.03 Å². The van der Waals surface area contributed by atoms with Crippen molar-refractivity contribution in [2.24, 2.45) is 0 Å². The molecule has 1 fully saturated rings. The minimum absolute atomic E-state index is 0.286. The normalized spacial score (nSPS) is 20.3. The van der Waals surface area contributed by atoms with E-state index in [1.54, 1.807) is 14.0 Å². The molecule has 6 nitrogen and oxygen atoms in total. The Morgan fingerprint density at radius 3 is 2.67 bits per heavy atom. The first-order chi connectivity index (χ1) is 14.3. The molecule has 0 saturated carbocycles. The zero-order valence-corrected chi connectivity index (χ0v) is 18.7. The summed E-state index contributed by atoms with van der Waals surface area (Å²) in [6.45, 7) is 1.80. The second-order valence-electron chi connectivity index (χ2n) is 8.12. The van der Waals surface area contributed by atoms with Crippen LogP contribution in [0.4, 0.5) is 4.79 Å². The Labute approximate surface area is 184 Å². The lowest BCUT2D eigenvalue weighted by Gasteiger charge is -2.24. The van der Waals surface area contributed by atoms with Crippen molar-refractivity contribution in [3.05, 3.63) is 69.2 Å². The molecule has 156 valence electrons. The van der Waals surface area contributed by atoms with Crippen molar-refractivity contribution < 1.29 is 14.4 Å². The number of likely N-dealkylation sites (N-methyl/N-ethyl adjacent to an activating group) is 1. The number of fused-ring (bicyclic) bond motifs is 1. The fourth-order valence-corrected chi connectivity index (χ4v) is 4.56. The van der Waals surface area contributed by atoms with E-state index in [0.717, 1.165) is 39.8 Å². The van der Waals surface area contributed by atoms with Crippen molar-refractivity contribution in [2.75, 3.05) is 13.6 Å². The van der Waals surface area contributed by atoms with Crippen LogP contribution in [0, 0.1) is 0 Å². The van der Waals surface area contributed by atoms with Crippen LogP contribution < -0.4 is 5.32 Å². The summed E-state index contributed by atoms with van der Waals surface area (Å²) < 4.78 is 0.906. The molecule has 7 heteroatoms. The summed E-state index contributed by atoms with van der Waals surface area (Å²) in [7, 11) is 1.67. The van der Waals surface area contributed by atoms with E-state index >= 15 is 0 Å². The third kappa shape index (κ3) is 3.62. The zero-order valence-electron chi connectivity index (χ0n) is 17.1. The van der Waals surface area contributed by atoms with E-state index < -0.39 is 17.5 Å². The molecule has 0 spiro atoms. The van der Waals surface area contributed by atoms with Gasteiger partial charge < -0.3 is 10.2 Å². The Morgan fingerprint density at radius 1 is 1.17 bits per heavy atom. The molecule has 30 heavy (non-hydrogen) atoms. The Kier molecular flexibility index (Phi) is 5.40. The molecule has 1 saturated heterocycles. The van der Waals surface area contributed by atoms with E-state index in [-0.39, 0.29) is 12.5 Å². The number of hydrogen-bond donors (Lipinski definition) is 1. The van der Waals surface area contributed by atoms with E-state index in [1.807, 2.05) is 42.5 Å². The van der Waals surface area contributed by atoms with Crippen LogP contribution in [0.25, 0.3) is 0 Å². The molecule has 2 aromatic rings. The number of nitrogens with one attached hydrogen (secondary N) is 1. The van der Waals surface area contributed by atoms with Crippen LogP contribution in [-0.2, 0) is 34.5 Å². The molecule has 1 aliphatic heterocycles. The highest BCUT2D eigenvalue weighted by Gasteiger charge is 2.49. The molecule has 1 aliphatic carbocycles. The van der Waals surface area contributed by atoms with E-state index in [2.05, 4.69) is 21.2 Å². The first kappa shape index (κ1) is 20.6. The van der Waals surface area contributed by atoms with Gasteiger partial charge in [-0.2, -0.15) is 0 Å². The summed E-state index contributed by atoms with van der Waals surface area (Å²) >= 11 is 3.48. The van der Waals surface area contributed by atoms with Crippen LogP contribution in [0.1, 0.15) is 35.6 Å². The van der Waals surface area contributed by atoms with Gasteiger partial charge in [0.15, 0.2) is 0 Å². The predicted molar refractivity (Wildman–Crippen MR) is 117 cm³/mol. The summed E-state index contributed by atoms with van der Waals surface area (Å²) in [6.07, 6.45) is 3.15. The van der Waals surface area contributed by atoms with Gasteiger partial charge in [-0.15, -0.1) is 0 Å². The smallest absolute Gasteiger partial charge is 0.325 e. The van der Waals surface area contributed by atoms with Crippen molar-refractivity contribution >= 4 is 33.8 Å². The molecule has 4 amide bonds. The monoisotopic (exact) mass is 469 g/mol. The second-order valence-corrected chi connectivity index (χ2v) is 8.98. The van der Waals surface area contributed by atoms with Gasteiger partial charge in [0, 0.05) is 18.1 Å². The highest BCUT2D eigenvalue weighted by atomic mass is 79.9. The zero-order chi connectivity index (χ0) is 21.5. The van der Waals surface area contributed by atoms with Crippen molar-refractivity contribution in [1.29, 1.82) is 0 Å². The predicted octanol–water partition coefficient (Wildman–Crippen LogP) is 3.36. The standard InChI is InChI=1S/C23H24BrN3O3/c1-23(18-11-10-15-7-5-8-16(15)12-18)21(29)27(22(30)25-23)14-20(28)26(2)13-17-6-3-4-9-19(17)24/h3-4,6,9-12H,5,7-8,13-14H2,1-2H3,(H,25,30). The Bertz CT molecular complexity index is 1040. The first-order valence-electron chi connectivity index (χ1n) is 10.0. The van der Waals surface area contributed by atoms with Gasteiger partial charge in [0.1, 0.15) is 12.1 Å². The number of carbonyl (C=O) groups is 3. The number of aryl methyl sites for hydroxylation is 2. The Morgan fingerprint density at radius 2 is 1.90 bits per heavy atom. The lowest BCUT2D eigenvalue weighted by molar-refractivity contribution is -0.138. The maximum absolute atomic E-state index is 13.2. The van der Waals surface area contributed by atoms with Crippen LogP contribution in [0.5, 0.6) is 0 Å². The van der Waals surface area contributed by atoms with Crippen molar-refractivity contribution in [2.45, 2.75) is 38.3 Å². The van der Waals surface area contributed by atoms with Crippen LogP contribution in [0.2, 0.25) is 0 Å². The van der Waals surface area contributed by atoms with E-state index in [0.29, 0.717) is 6.54 Å². The van der Waals surface area contributed by atoms with Crippen molar-refractivity contribution in [3.63, 3.8) is 0 Å². The molecule has 2 aliphatic rings. The summed E-state index contributed by atoms with van der Waals surface area (Å²) in [5, 5.41) is 2.80. The Hall–Kier alpha value is -2.67. The number of amides is 4. The number of urea groups is 1. The number of halogens is 1. The maximum atomic E-state index is 13.2. The molecular formula is C23H24BrN3O3. The molecular weight excluding hydrogens is 446 g/mol. The lowest BCUT2D eigenvalue weighted by Crippen LogP contribution is -2.43. The van der Waals surface area contributed by atoms with Gasteiger partial charge in [-0.05, 0) is 54.5 Å². The van der Waals surface area contributed by atoms with E-state index in [9.17, 15) is 14.4 Å². The van der Waals surface area contributed by atoms with Crippen LogP contribution in [-0.4, -0.2) is 41.2 Å². The summed E-state index contributed by atoms with van der Waals surface area (Å²) in [5.74, 6) is -0.694. The van der Waals surface area contributed by atoms with Gasteiger partial charge in [-0.25, -0.2) is 4.79 Å². The van der Waals surface area contributed by atoms with Crippen molar-refractivity contribution in [3.8, 4) is 0 Å². The largest absolute Gasteiger partial charge is 0.340 e. The number of rotatable bonds is 5. The van der Waals surface area contributed by atoms with Crippen LogP contribution in [0.15, 0.2) is 46.9 Å². The molecule has 4 rings (SSSR count). The second kappa shape index (κ2) is 7.87. The fourth-order valence-electron chi connectivity index (χ4n) is 4.15. The van der Waals surface area contributed by atoms with E-state index in [1.165, 1.54) is 16.0 Å². The summed E-state index contributed by atoms with van der Waals surface area (Å²) in [5.41, 5.74) is 3.10. The lowest BCUT2D eigenvalue weighted by atomic mass is 9.89. The molecule has 1 N–H and O–H groups in total. The number of imide groups is 1. The SMILES string of the molecule is CN(Cc1ccccc1Br)C(=O)CN1C(=O)NC(C)(c2ccc3c(c2)CCC3)C1=O. The number of carbonyl (C=O) groups excluding carboxylic acids is 3. The van der Waals surface area contributed by atoms with E-state index in [4.69, 9.17) is 0 Å². The van der Waals surface area contributed by atoms with Gasteiger partial charge in [0.25, 0.3) is 5.91 Å². The minimum Gasteiger partial charge on any atom is -0.340 e. The Balaban J connectivity index is 1.48. The average Bonchev–Trinajstić information content (AvgIpc) is 3.28. The molecule has 0 radical (unpaired) electrons. The highest BCUT2D eigenvalue weighted by Crippen LogP contribution is 2.32. The van der Waals surface area contributed by atoms with Gasteiger partial charge in [-0.1, -0.05) is 52.3 Å². The topological polar surface area (TPSA) is 69.7 Å². The minimum atomic E-state index is -1.16. The summed E-state index contributed by atoms with van der Waals surface area (Å²) in [4.78, 5) is 41.0. The number of nitrogens with zero attached hydrogens (tertiary/aromatic N) is 2. The number of hydrogen-bond acceptors (Lipinski definition) is 3. The quantitative estimate of drug-likeness (QED) is 0.682. The van der Waals surface area contributed by atoms with Crippen molar-refractivity contribution in [1.82, 2.24) is 15.1 Å². The molecule has 0 bridgehead atoms. The third-order valence-corrected chi connectivity index (χ3v) is 6.81. The number of benzene rings is 2. The van der Waals surface area contributed by atoms with Crippen LogP contribution >= 0.6 is 15.9 Å². The fraction of sp³-hybridized carbons (Fsp3) is 0.348. The van der Waals surface area contributed by atoms with Crippen LogP contribution in [0.3, 0.4) is 0 Å². The first-order valence-corrected chi connectivity index (χ1v) is 10.8. The molecule has 1 heterocycles. The molecule has 1 atom stereocenters. The molecule has 1 unspecified atom stereocenters. The average molecular weight is 470 g/mol.